The van der Waals surface area contributed by atoms with Crippen molar-refractivity contribution < 1.29 is 9.53 Å². The van der Waals surface area contributed by atoms with Gasteiger partial charge < -0.3 is 10.5 Å². The van der Waals surface area contributed by atoms with Crippen LogP contribution >= 0.6 is 0 Å². The fourth-order valence-corrected chi connectivity index (χ4v) is 2.79. The van der Waals surface area contributed by atoms with Crippen molar-refractivity contribution in [2.24, 2.45) is 5.73 Å². The topological polar surface area (TPSA) is 92.2 Å². The van der Waals surface area contributed by atoms with Crippen LogP contribution in [0.25, 0.3) is 0 Å². The lowest BCUT2D eigenvalue weighted by Crippen LogP contribution is -2.44. The Morgan fingerprint density at radius 3 is 2.81 bits per heavy atom. The van der Waals surface area contributed by atoms with Crippen molar-refractivity contribution in [3.8, 4) is 6.07 Å². The van der Waals surface area contributed by atoms with Crippen LogP contribution in [-0.2, 0) is 10.3 Å². The summed E-state index contributed by atoms with van der Waals surface area (Å²) in [5.74, 6) is 0. The molecule has 6 heteroatoms. The van der Waals surface area contributed by atoms with Crippen molar-refractivity contribution in [3.05, 3.63) is 29.6 Å². The molecule has 0 radical (unpaired) electrons. The highest BCUT2D eigenvalue weighted by Gasteiger charge is 2.47. The van der Waals surface area contributed by atoms with Crippen LogP contribution in [0.3, 0.4) is 0 Å². The highest BCUT2D eigenvalue weighted by molar-refractivity contribution is 5.66. The van der Waals surface area contributed by atoms with E-state index >= 15 is 0 Å². The van der Waals surface area contributed by atoms with Gasteiger partial charge in [-0.15, -0.1) is 0 Å². The molecule has 2 heterocycles. The molecule has 0 spiro atoms. The summed E-state index contributed by atoms with van der Waals surface area (Å²) in [6.07, 6.45) is 2.86. The lowest BCUT2D eigenvalue weighted by molar-refractivity contribution is 0.0114. The number of nitriles is 1. The molecule has 1 saturated heterocycles. The number of hydrogen-bond acceptors (Lipinski definition) is 5. The summed E-state index contributed by atoms with van der Waals surface area (Å²) in [7, 11) is 0. The van der Waals surface area contributed by atoms with E-state index in [2.05, 4.69) is 36.7 Å². The highest BCUT2D eigenvalue weighted by Crippen LogP contribution is 2.39. The second kappa shape index (κ2) is 5.34. The molecule has 2 N–H and O–H groups in total. The molecular weight excluding hydrogens is 268 g/mol. The minimum Gasteiger partial charge on any atom is -0.437 e. The number of primary amides is 1. The lowest BCUT2D eigenvalue weighted by Gasteiger charge is -2.35. The Morgan fingerprint density at radius 1 is 1.57 bits per heavy atom. The first-order valence-corrected chi connectivity index (χ1v) is 6.86. The van der Waals surface area contributed by atoms with E-state index < -0.39 is 11.7 Å². The second-order valence-electron chi connectivity index (χ2n) is 6.29. The number of carbonyl (C=O) groups is 1. The van der Waals surface area contributed by atoms with Gasteiger partial charge in [-0.1, -0.05) is 0 Å². The van der Waals surface area contributed by atoms with Gasteiger partial charge in [0.15, 0.2) is 5.60 Å². The molecule has 0 unspecified atom stereocenters. The number of likely N-dealkylation sites (tertiary alicyclic amines) is 1. The fraction of sp³-hybridized carbons (Fsp3) is 0.533. The van der Waals surface area contributed by atoms with Gasteiger partial charge in [0.1, 0.15) is 6.07 Å². The third-order valence-corrected chi connectivity index (χ3v) is 3.91. The third-order valence-electron chi connectivity index (χ3n) is 3.91. The molecule has 1 amide bonds. The van der Waals surface area contributed by atoms with Gasteiger partial charge in [0.05, 0.1) is 5.56 Å². The van der Waals surface area contributed by atoms with Crippen molar-refractivity contribution in [3.63, 3.8) is 0 Å². The van der Waals surface area contributed by atoms with E-state index in [-0.39, 0.29) is 5.54 Å². The van der Waals surface area contributed by atoms with Crippen LogP contribution in [0.2, 0.25) is 0 Å². The van der Waals surface area contributed by atoms with E-state index in [9.17, 15) is 10.1 Å². The second-order valence-corrected chi connectivity index (χ2v) is 6.29. The normalized spacial score (nSPS) is 22.8. The summed E-state index contributed by atoms with van der Waals surface area (Å²) < 4.78 is 5.47. The molecular formula is C15H20N4O2. The lowest BCUT2D eigenvalue weighted by atomic mass is 9.90. The van der Waals surface area contributed by atoms with Gasteiger partial charge >= 0.3 is 6.09 Å². The first kappa shape index (κ1) is 15.3. The monoisotopic (exact) mass is 288 g/mol. The van der Waals surface area contributed by atoms with E-state index in [1.54, 1.807) is 12.3 Å². The number of aromatic nitrogens is 1. The average molecular weight is 288 g/mol. The molecule has 0 bridgehead atoms. The van der Waals surface area contributed by atoms with Gasteiger partial charge in [-0.3, -0.25) is 9.88 Å². The number of pyridine rings is 1. The summed E-state index contributed by atoms with van der Waals surface area (Å²) in [6, 6.07) is 3.84. The first-order valence-electron chi connectivity index (χ1n) is 6.86. The van der Waals surface area contributed by atoms with Crippen LogP contribution in [0.5, 0.6) is 0 Å². The zero-order chi connectivity index (χ0) is 15.7. The summed E-state index contributed by atoms with van der Waals surface area (Å²) in [5.41, 5.74) is 5.41. The molecule has 0 aromatic carbocycles. The maximum atomic E-state index is 11.4. The Balaban J connectivity index is 2.45. The maximum Gasteiger partial charge on any atom is 0.405 e. The van der Waals surface area contributed by atoms with Gasteiger partial charge in [-0.25, -0.2) is 4.79 Å². The third kappa shape index (κ3) is 2.98. The Kier molecular flexibility index (Phi) is 3.88. The maximum absolute atomic E-state index is 11.4. The van der Waals surface area contributed by atoms with Crippen molar-refractivity contribution >= 4 is 6.09 Å². The Hall–Kier alpha value is -2.13. The highest BCUT2D eigenvalue weighted by atomic mass is 16.6. The Morgan fingerprint density at radius 2 is 2.29 bits per heavy atom. The molecule has 1 aliphatic heterocycles. The predicted molar refractivity (Wildman–Crippen MR) is 77.2 cm³/mol. The number of amides is 1. The van der Waals surface area contributed by atoms with Gasteiger partial charge in [0.2, 0.25) is 0 Å². The Bertz CT molecular complexity index is 588. The van der Waals surface area contributed by atoms with Crippen LogP contribution in [0.4, 0.5) is 4.79 Å². The number of hydrogen-bond donors (Lipinski definition) is 1. The van der Waals surface area contributed by atoms with Gasteiger partial charge in [-0.05, 0) is 26.8 Å². The van der Waals surface area contributed by atoms with Crippen molar-refractivity contribution in [1.82, 2.24) is 9.88 Å². The largest absolute Gasteiger partial charge is 0.437 e. The number of nitrogens with zero attached hydrogens (tertiary/aromatic N) is 3. The smallest absolute Gasteiger partial charge is 0.405 e. The zero-order valence-corrected chi connectivity index (χ0v) is 12.6. The Labute approximate surface area is 124 Å². The number of carbonyl (C=O) groups excluding carboxylic acids is 1. The molecule has 1 aromatic rings. The van der Waals surface area contributed by atoms with E-state index in [1.807, 2.05) is 0 Å². The van der Waals surface area contributed by atoms with Crippen molar-refractivity contribution in [2.75, 3.05) is 13.1 Å². The van der Waals surface area contributed by atoms with E-state index in [1.165, 1.54) is 6.20 Å². The molecule has 1 fully saturated rings. The summed E-state index contributed by atoms with van der Waals surface area (Å²) >= 11 is 0. The molecule has 0 aliphatic carbocycles. The molecule has 1 atom stereocenters. The molecule has 6 nitrogen and oxygen atoms in total. The van der Waals surface area contributed by atoms with Crippen LogP contribution in [0.1, 0.15) is 38.3 Å². The quantitative estimate of drug-likeness (QED) is 0.895. The first-order chi connectivity index (χ1) is 9.78. The summed E-state index contributed by atoms with van der Waals surface area (Å²) in [4.78, 5) is 17.6. The van der Waals surface area contributed by atoms with Gasteiger partial charge in [-0.2, -0.15) is 5.26 Å². The van der Waals surface area contributed by atoms with Gasteiger partial charge in [0, 0.05) is 43.0 Å². The van der Waals surface area contributed by atoms with Crippen LogP contribution in [-0.4, -0.2) is 34.6 Å². The van der Waals surface area contributed by atoms with E-state index in [0.717, 1.165) is 6.54 Å². The number of nitrogens with two attached hydrogens (primary N) is 1. The zero-order valence-electron chi connectivity index (χ0n) is 12.6. The molecule has 112 valence electrons. The molecule has 1 aliphatic rings. The van der Waals surface area contributed by atoms with E-state index in [4.69, 9.17) is 10.5 Å². The van der Waals surface area contributed by atoms with Gasteiger partial charge in [0.25, 0.3) is 0 Å². The van der Waals surface area contributed by atoms with Crippen LogP contribution in [0.15, 0.2) is 18.5 Å². The van der Waals surface area contributed by atoms with E-state index in [0.29, 0.717) is 24.1 Å². The standard InChI is InChI=1S/C15H20N4O2/c1-14(2,3)19-7-5-15(10-19,21-13(17)20)12-4-6-18-9-11(12)8-16/h4,6,9H,5,7,10H2,1-3H3,(H2,17,20)/t15-/m1/s1. The minimum absolute atomic E-state index is 0.0530. The fourth-order valence-electron chi connectivity index (χ4n) is 2.79. The van der Waals surface area contributed by atoms with Crippen molar-refractivity contribution in [1.29, 1.82) is 5.26 Å². The van der Waals surface area contributed by atoms with Crippen LogP contribution < -0.4 is 5.73 Å². The minimum atomic E-state index is -0.882. The summed E-state index contributed by atoms with van der Waals surface area (Å²) in [5, 5.41) is 9.28. The summed E-state index contributed by atoms with van der Waals surface area (Å²) in [6.45, 7) is 7.59. The molecule has 21 heavy (non-hydrogen) atoms. The molecule has 2 rings (SSSR count). The SMILES string of the molecule is CC(C)(C)N1CC[C@](OC(N)=O)(c2ccncc2C#N)C1. The predicted octanol–water partition coefficient (Wildman–Crippen LogP) is 1.75. The number of ether oxygens (including phenoxy) is 1. The number of rotatable bonds is 2. The average Bonchev–Trinajstić information content (AvgIpc) is 2.83. The van der Waals surface area contributed by atoms with Crippen molar-refractivity contribution in [2.45, 2.75) is 38.3 Å². The molecule has 0 saturated carbocycles. The molecule has 1 aromatic heterocycles. The van der Waals surface area contributed by atoms with Crippen LogP contribution in [0, 0.1) is 11.3 Å².